The van der Waals surface area contributed by atoms with Crippen molar-refractivity contribution in [3.8, 4) is 0 Å². The van der Waals surface area contributed by atoms with Crippen LogP contribution in [0.1, 0.15) is 31.0 Å². The van der Waals surface area contributed by atoms with Gasteiger partial charge >= 0.3 is 0 Å². The minimum Gasteiger partial charge on any atom is -0.198 e. The molecule has 0 saturated heterocycles. The number of aromatic nitrogens is 1. The molecule has 0 fully saturated rings. The van der Waals surface area contributed by atoms with Gasteiger partial charge in [0.2, 0.25) is 0 Å². The largest absolute Gasteiger partial charge is 0.198 e. The molecule has 0 spiro atoms. The Bertz CT molecular complexity index is 716. The van der Waals surface area contributed by atoms with Crippen molar-refractivity contribution in [2.75, 3.05) is 0 Å². The van der Waals surface area contributed by atoms with Crippen LogP contribution in [-0.2, 0) is 13.0 Å². The van der Waals surface area contributed by atoms with E-state index >= 15 is 0 Å². The first kappa shape index (κ1) is 13.8. The van der Waals surface area contributed by atoms with E-state index in [4.69, 9.17) is 0 Å². The molecule has 0 amide bonds. The lowest BCUT2D eigenvalue weighted by atomic mass is 10.0. The Kier molecular flexibility index (Phi) is 4.30. The van der Waals surface area contributed by atoms with Gasteiger partial charge in [0.1, 0.15) is 0 Å². The Morgan fingerprint density at radius 2 is 1.62 bits per heavy atom. The van der Waals surface area contributed by atoms with E-state index in [2.05, 4.69) is 78.4 Å². The normalized spacial score (nSPS) is 10.9. The first-order valence-corrected chi connectivity index (χ1v) is 7.82. The van der Waals surface area contributed by atoms with Crippen LogP contribution in [0.4, 0.5) is 0 Å². The van der Waals surface area contributed by atoms with Gasteiger partial charge in [0.15, 0.2) is 18.4 Å². The minimum atomic E-state index is 0.949. The average Bonchev–Trinajstić information content (AvgIpc) is 2.55. The highest BCUT2D eigenvalue weighted by Gasteiger charge is 2.14. The lowest BCUT2D eigenvalue weighted by molar-refractivity contribution is -0.694. The van der Waals surface area contributed by atoms with Crippen LogP contribution in [0.15, 0.2) is 66.9 Å². The summed E-state index contributed by atoms with van der Waals surface area (Å²) < 4.78 is 2.41. The molecule has 0 N–H and O–H groups in total. The van der Waals surface area contributed by atoms with Crippen molar-refractivity contribution in [1.82, 2.24) is 0 Å². The Morgan fingerprint density at radius 3 is 2.43 bits per heavy atom. The van der Waals surface area contributed by atoms with Crippen molar-refractivity contribution in [3.05, 3.63) is 78.1 Å². The fourth-order valence-corrected chi connectivity index (χ4v) is 2.87. The lowest BCUT2D eigenvalue weighted by Gasteiger charge is -2.07. The predicted octanol–water partition coefficient (Wildman–Crippen LogP) is 4.52. The third kappa shape index (κ3) is 3.13. The minimum absolute atomic E-state index is 0.949. The fraction of sp³-hybridized carbons (Fsp3) is 0.250. The van der Waals surface area contributed by atoms with Crippen molar-refractivity contribution in [1.29, 1.82) is 0 Å². The van der Waals surface area contributed by atoms with Gasteiger partial charge < -0.3 is 0 Å². The molecule has 0 bridgehead atoms. The monoisotopic (exact) mass is 276 g/mol. The molecule has 1 nitrogen and oxygen atoms in total. The summed E-state index contributed by atoms with van der Waals surface area (Å²) in [7, 11) is 0. The number of benzene rings is 2. The molecule has 3 aromatic rings. The molecule has 0 aliphatic rings. The SMILES string of the molecule is CCCCc1c2ccccc2cc[n+]1Cc1ccccc1. The molecule has 3 rings (SSSR count). The average molecular weight is 276 g/mol. The van der Waals surface area contributed by atoms with Crippen LogP contribution in [0, 0.1) is 0 Å². The number of fused-ring (bicyclic) bond motifs is 1. The van der Waals surface area contributed by atoms with E-state index in [1.165, 1.54) is 34.9 Å². The van der Waals surface area contributed by atoms with Crippen molar-refractivity contribution < 1.29 is 4.57 Å². The summed E-state index contributed by atoms with van der Waals surface area (Å²) in [6.07, 6.45) is 5.85. The first-order chi connectivity index (χ1) is 10.4. The summed E-state index contributed by atoms with van der Waals surface area (Å²) in [5.74, 6) is 0. The van der Waals surface area contributed by atoms with E-state index in [1.807, 2.05) is 0 Å². The van der Waals surface area contributed by atoms with Gasteiger partial charge in [0.25, 0.3) is 0 Å². The molecule has 0 atom stereocenters. The molecule has 0 aliphatic heterocycles. The highest BCUT2D eigenvalue weighted by atomic mass is 15.0. The summed E-state index contributed by atoms with van der Waals surface area (Å²) in [6.45, 7) is 3.21. The number of rotatable bonds is 5. The molecule has 0 aliphatic carbocycles. The van der Waals surface area contributed by atoms with Crippen molar-refractivity contribution in [3.63, 3.8) is 0 Å². The number of unbranched alkanes of at least 4 members (excludes halogenated alkanes) is 1. The Morgan fingerprint density at radius 1 is 0.857 bits per heavy atom. The Balaban J connectivity index is 2.04. The van der Waals surface area contributed by atoms with Crippen LogP contribution >= 0.6 is 0 Å². The van der Waals surface area contributed by atoms with Gasteiger partial charge in [-0.15, -0.1) is 0 Å². The van der Waals surface area contributed by atoms with E-state index in [1.54, 1.807) is 0 Å². The smallest absolute Gasteiger partial charge is 0.189 e. The molecular formula is C20H22N+. The molecule has 0 unspecified atom stereocenters. The zero-order valence-corrected chi connectivity index (χ0v) is 12.6. The summed E-state index contributed by atoms with van der Waals surface area (Å²) in [6, 6.07) is 21.7. The maximum absolute atomic E-state index is 2.41. The van der Waals surface area contributed by atoms with E-state index in [9.17, 15) is 0 Å². The highest BCUT2D eigenvalue weighted by molar-refractivity contribution is 5.83. The predicted molar refractivity (Wildman–Crippen MR) is 88.3 cm³/mol. The summed E-state index contributed by atoms with van der Waals surface area (Å²) >= 11 is 0. The molecule has 21 heavy (non-hydrogen) atoms. The Labute approximate surface area is 126 Å². The maximum atomic E-state index is 2.41. The van der Waals surface area contributed by atoms with Crippen molar-refractivity contribution in [2.45, 2.75) is 32.7 Å². The highest BCUT2D eigenvalue weighted by Crippen LogP contribution is 2.17. The first-order valence-electron chi connectivity index (χ1n) is 7.82. The lowest BCUT2D eigenvalue weighted by Crippen LogP contribution is -2.38. The second-order valence-corrected chi connectivity index (χ2v) is 5.57. The standard InChI is InChI=1S/C20H22N/c1-2-3-13-20-19-12-8-7-11-18(19)14-15-21(20)16-17-9-5-4-6-10-17/h4-12,14-15H,2-3,13,16H2,1H3/q+1. The van der Waals surface area contributed by atoms with Gasteiger partial charge in [0.05, 0.1) is 0 Å². The summed E-state index contributed by atoms with van der Waals surface area (Å²) in [4.78, 5) is 0. The molecule has 0 radical (unpaired) electrons. The van der Waals surface area contributed by atoms with Crippen LogP contribution in [0.25, 0.3) is 10.8 Å². The number of hydrogen-bond acceptors (Lipinski definition) is 0. The molecule has 0 saturated carbocycles. The quantitative estimate of drug-likeness (QED) is 0.603. The zero-order chi connectivity index (χ0) is 14.5. The van der Waals surface area contributed by atoms with Crippen molar-refractivity contribution >= 4 is 10.8 Å². The van der Waals surface area contributed by atoms with E-state index in [0.717, 1.165) is 13.0 Å². The van der Waals surface area contributed by atoms with Gasteiger partial charge in [-0.2, -0.15) is 4.57 Å². The van der Waals surface area contributed by atoms with Gasteiger partial charge in [-0.3, -0.25) is 0 Å². The summed E-state index contributed by atoms with van der Waals surface area (Å²) in [5.41, 5.74) is 2.81. The fourth-order valence-electron chi connectivity index (χ4n) is 2.87. The number of aryl methyl sites for hydroxylation is 1. The van der Waals surface area contributed by atoms with Crippen LogP contribution < -0.4 is 4.57 Å². The topological polar surface area (TPSA) is 3.88 Å². The molecule has 1 aromatic heterocycles. The summed E-state index contributed by atoms with van der Waals surface area (Å²) in [5, 5.41) is 2.73. The second kappa shape index (κ2) is 6.53. The third-order valence-corrected chi connectivity index (χ3v) is 4.02. The molecule has 2 aromatic carbocycles. The van der Waals surface area contributed by atoms with Gasteiger partial charge in [-0.05, 0) is 17.9 Å². The van der Waals surface area contributed by atoms with Crippen LogP contribution in [0.2, 0.25) is 0 Å². The zero-order valence-electron chi connectivity index (χ0n) is 12.6. The van der Waals surface area contributed by atoms with Gasteiger partial charge in [-0.1, -0.05) is 61.9 Å². The number of nitrogens with zero attached hydrogens (tertiary/aromatic N) is 1. The molecule has 1 heterocycles. The van der Waals surface area contributed by atoms with Crippen LogP contribution in [-0.4, -0.2) is 0 Å². The van der Waals surface area contributed by atoms with Crippen molar-refractivity contribution in [2.24, 2.45) is 0 Å². The molecular weight excluding hydrogens is 254 g/mol. The van der Waals surface area contributed by atoms with Crippen LogP contribution in [0.3, 0.4) is 0 Å². The third-order valence-electron chi connectivity index (χ3n) is 4.02. The maximum Gasteiger partial charge on any atom is 0.189 e. The van der Waals surface area contributed by atoms with E-state index < -0.39 is 0 Å². The molecule has 106 valence electrons. The van der Waals surface area contributed by atoms with E-state index in [-0.39, 0.29) is 0 Å². The van der Waals surface area contributed by atoms with Gasteiger partial charge in [-0.25, -0.2) is 0 Å². The van der Waals surface area contributed by atoms with Crippen LogP contribution in [0.5, 0.6) is 0 Å². The number of pyridine rings is 1. The molecule has 1 heteroatoms. The Hall–Kier alpha value is -2.15. The van der Waals surface area contributed by atoms with E-state index in [0.29, 0.717) is 0 Å². The van der Waals surface area contributed by atoms with Gasteiger partial charge in [0, 0.05) is 23.4 Å². The second-order valence-electron chi connectivity index (χ2n) is 5.57. The number of hydrogen-bond donors (Lipinski definition) is 0.